The maximum absolute atomic E-state index is 11.5. The van der Waals surface area contributed by atoms with Gasteiger partial charge in [0.05, 0.1) is 18.3 Å². The van der Waals surface area contributed by atoms with E-state index >= 15 is 0 Å². The number of rotatable bonds is 5. The third-order valence-corrected chi connectivity index (χ3v) is 4.51. The molecule has 1 N–H and O–H groups in total. The number of carbonyl (C=O) groups is 1. The van der Waals surface area contributed by atoms with Crippen LogP contribution in [0.3, 0.4) is 0 Å². The molecule has 1 heterocycles. The van der Waals surface area contributed by atoms with Gasteiger partial charge in [-0.3, -0.25) is 9.80 Å². The van der Waals surface area contributed by atoms with Gasteiger partial charge >= 0.3 is 5.97 Å². The van der Waals surface area contributed by atoms with E-state index in [4.69, 9.17) is 4.74 Å². The zero-order valence-corrected chi connectivity index (χ0v) is 15.5. The van der Waals surface area contributed by atoms with Crippen molar-refractivity contribution < 1.29 is 14.6 Å². The van der Waals surface area contributed by atoms with Gasteiger partial charge in [0.1, 0.15) is 0 Å². The Labute approximate surface area is 145 Å². The van der Waals surface area contributed by atoms with Crippen molar-refractivity contribution in [3.8, 4) is 0 Å². The van der Waals surface area contributed by atoms with Crippen LogP contribution >= 0.6 is 0 Å². The summed E-state index contributed by atoms with van der Waals surface area (Å²) in [7, 11) is 1.39. The van der Waals surface area contributed by atoms with Gasteiger partial charge in [0, 0.05) is 38.3 Å². The van der Waals surface area contributed by atoms with Gasteiger partial charge in [-0.25, -0.2) is 4.79 Å². The fraction of sp³-hybridized carbons (Fsp3) is 0.632. The van der Waals surface area contributed by atoms with Crippen molar-refractivity contribution in [3.05, 3.63) is 35.4 Å². The number of esters is 1. The van der Waals surface area contributed by atoms with E-state index < -0.39 is 5.60 Å². The summed E-state index contributed by atoms with van der Waals surface area (Å²) in [5.74, 6) is -0.303. The molecule has 0 unspecified atom stereocenters. The molecule has 0 amide bonds. The number of carbonyl (C=O) groups excluding carboxylic acids is 1. The molecule has 1 fully saturated rings. The number of nitrogens with zero attached hydrogens (tertiary/aromatic N) is 2. The first-order chi connectivity index (χ1) is 11.1. The number of hydrogen-bond acceptors (Lipinski definition) is 5. The topological polar surface area (TPSA) is 53.0 Å². The Balaban J connectivity index is 1.97. The van der Waals surface area contributed by atoms with Gasteiger partial charge in [-0.1, -0.05) is 12.1 Å². The molecule has 0 atom stereocenters. The van der Waals surface area contributed by atoms with Crippen LogP contribution in [0.15, 0.2) is 24.3 Å². The summed E-state index contributed by atoms with van der Waals surface area (Å²) in [6.45, 7) is 12.6. The van der Waals surface area contributed by atoms with E-state index in [0.717, 1.165) is 26.2 Å². The summed E-state index contributed by atoms with van der Waals surface area (Å²) in [5, 5.41) is 10.1. The minimum absolute atomic E-state index is 0.0181. The molecular weight excluding hydrogens is 304 g/mol. The van der Waals surface area contributed by atoms with E-state index in [-0.39, 0.29) is 11.5 Å². The second-order valence-electron chi connectivity index (χ2n) is 7.95. The zero-order chi connectivity index (χ0) is 18.0. The Hall–Kier alpha value is -1.43. The van der Waals surface area contributed by atoms with Gasteiger partial charge in [-0.2, -0.15) is 0 Å². The smallest absolute Gasteiger partial charge is 0.337 e. The Morgan fingerprint density at radius 2 is 1.88 bits per heavy atom. The molecule has 1 aliphatic heterocycles. The number of piperazine rings is 1. The molecule has 0 spiro atoms. The summed E-state index contributed by atoms with van der Waals surface area (Å²) in [6, 6.07) is 7.61. The molecular formula is C19H30N2O3. The lowest BCUT2D eigenvalue weighted by Gasteiger charge is -2.49. The lowest BCUT2D eigenvalue weighted by molar-refractivity contribution is -0.0410. The van der Waals surface area contributed by atoms with Crippen LogP contribution in [-0.4, -0.2) is 65.3 Å². The quantitative estimate of drug-likeness (QED) is 0.836. The van der Waals surface area contributed by atoms with Crippen molar-refractivity contribution in [1.82, 2.24) is 9.80 Å². The number of aliphatic hydroxyl groups is 1. The van der Waals surface area contributed by atoms with Crippen LogP contribution in [0.5, 0.6) is 0 Å². The normalized spacial score (nSPS) is 19.2. The molecule has 1 aliphatic rings. The summed E-state index contributed by atoms with van der Waals surface area (Å²) in [5.41, 5.74) is 1.11. The van der Waals surface area contributed by atoms with E-state index in [1.807, 2.05) is 38.1 Å². The highest BCUT2D eigenvalue weighted by Crippen LogP contribution is 2.24. The predicted octanol–water partition coefficient (Wildman–Crippen LogP) is 2.14. The van der Waals surface area contributed by atoms with Gasteiger partial charge in [-0.15, -0.1) is 0 Å². The molecule has 0 aliphatic carbocycles. The van der Waals surface area contributed by atoms with Crippen molar-refractivity contribution in [2.24, 2.45) is 0 Å². The first-order valence-corrected chi connectivity index (χ1v) is 8.48. The summed E-state index contributed by atoms with van der Waals surface area (Å²) >= 11 is 0. The highest BCUT2D eigenvalue weighted by Gasteiger charge is 2.35. The summed E-state index contributed by atoms with van der Waals surface area (Å²) in [6.07, 6.45) is 0. The minimum Gasteiger partial charge on any atom is -0.465 e. The van der Waals surface area contributed by atoms with E-state index in [0.29, 0.717) is 12.1 Å². The third kappa shape index (κ3) is 5.03. The van der Waals surface area contributed by atoms with Crippen LogP contribution in [0.1, 0.15) is 43.6 Å². The molecule has 134 valence electrons. The van der Waals surface area contributed by atoms with Crippen molar-refractivity contribution in [3.63, 3.8) is 0 Å². The van der Waals surface area contributed by atoms with Crippen molar-refractivity contribution in [1.29, 1.82) is 0 Å². The molecule has 5 heteroatoms. The first-order valence-electron chi connectivity index (χ1n) is 8.48. The molecule has 0 radical (unpaired) electrons. The highest BCUT2D eigenvalue weighted by molar-refractivity contribution is 5.89. The number of benzene rings is 1. The molecule has 1 saturated heterocycles. The van der Waals surface area contributed by atoms with Crippen LogP contribution in [0.4, 0.5) is 0 Å². The monoisotopic (exact) mass is 334 g/mol. The van der Waals surface area contributed by atoms with E-state index in [2.05, 4.69) is 23.6 Å². The van der Waals surface area contributed by atoms with E-state index in [9.17, 15) is 9.90 Å². The number of ether oxygens (including phenoxy) is 1. The van der Waals surface area contributed by atoms with Gasteiger partial charge in [0.25, 0.3) is 0 Å². The molecule has 1 aromatic rings. The van der Waals surface area contributed by atoms with Gasteiger partial charge in [-0.05, 0) is 45.4 Å². The predicted molar refractivity (Wildman–Crippen MR) is 95.0 cm³/mol. The molecule has 5 nitrogen and oxygen atoms in total. The Morgan fingerprint density at radius 3 is 2.38 bits per heavy atom. The summed E-state index contributed by atoms with van der Waals surface area (Å²) in [4.78, 5) is 16.3. The van der Waals surface area contributed by atoms with Crippen molar-refractivity contribution in [2.45, 2.75) is 45.4 Å². The zero-order valence-electron chi connectivity index (χ0n) is 15.5. The molecule has 0 bridgehead atoms. The summed E-state index contributed by atoms with van der Waals surface area (Å²) < 4.78 is 4.73. The largest absolute Gasteiger partial charge is 0.465 e. The Kier molecular flexibility index (Phi) is 5.68. The van der Waals surface area contributed by atoms with Gasteiger partial charge in [0.2, 0.25) is 0 Å². The number of methoxy groups -OCH3 is 1. The average Bonchev–Trinajstić information content (AvgIpc) is 2.48. The second-order valence-corrected chi connectivity index (χ2v) is 7.95. The van der Waals surface area contributed by atoms with Crippen molar-refractivity contribution in [2.75, 3.05) is 33.3 Å². The second kappa shape index (κ2) is 7.21. The van der Waals surface area contributed by atoms with Crippen LogP contribution in [0.2, 0.25) is 0 Å². The van der Waals surface area contributed by atoms with E-state index in [1.54, 1.807) is 0 Å². The first kappa shape index (κ1) is 18.9. The SMILES string of the molecule is COC(=O)c1ccc(CN2CCN(CC(C)(C)O)C(C)(C)C2)cc1. The van der Waals surface area contributed by atoms with Crippen LogP contribution in [-0.2, 0) is 11.3 Å². The number of hydrogen-bond donors (Lipinski definition) is 1. The highest BCUT2D eigenvalue weighted by atomic mass is 16.5. The number of β-amino-alcohol motifs (C(OH)–C–C–N with tert-alkyl or cyclic N) is 1. The minimum atomic E-state index is -0.677. The maximum atomic E-state index is 11.5. The van der Waals surface area contributed by atoms with Gasteiger partial charge in [0.15, 0.2) is 0 Å². The maximum Gasteiger partial charge on any atom is 0.337 e. The molecule has 0 aromatic heterocycles. The Bertz CT molecular complexity index is 561. The molecule has 1 aromatic carbocycles. The van der Waals surface area contributed by atoms with Crippen LogP contribution in [0, 0.1) is 0 Å². The van der Waals surface area contributed by atoms with Crippen molar-refractivity contribution >= 4 is 5.97 Å². The molecule has 0 saturated carbocycles. The fourth-order valence-corrected chi connectivity index (χ4v) is 3.31. The molecule has 2 rings (SSSR count). The standard InChI is InChI=1S/C19H30N2O3/c1-18(2)13-20(10-11-21(18)14-19(3,4)23)12-15-6-8-16(9-7-15)17(22)24-5/h6-9,23H,10-14H2,1-5H3. The van der Waals surface area contributed by atoms with Gasteiger partial charge < -0.3 is 9.84 Å². The van der Waals surface area contributed by atoms with E-state index in [1.165, 1.54) is 12.7 Å². The third-order valence-electron chi connectivity index (χ3n) is 4.51. The fourth-order valence-electron chi connectivity index (χ4n) is 3.31. The molecule has 24 heavy (non-hydrogen) atoms. The Morgan fingerprint density at radius 1 is 1.25 bits per heavy atom. The van der Waals surface area contributed by atoms with Crippen LogP contribution in [0.25, 0.3) is 0 Å². The van der Waals surface area contributed by atoms with Crippen LogP contribution < -0.4 is 0 Å². The lowest BCUT2D eigenvalue weighted by atomic mass is 9.95. The average molecular weight is 334 g/mol. The lowest BCUT2D eigenvalue weighted by Crippen LogP contribution is -2.61.